The highest BCUT2D eigenvalue weighted by molar-refractivity contribution is 6.05. The molecule has 0 fully saturated rings. The van der Waals surface area contributed by atoms with E-state index in [1.165, 1.54) is 0 Å². The Kier molecular flexibility index (Phi) is 2.94. The van der Waals surface area contributed by atoms with Crippen LogP contribution in [0, 0.1) is 27.7 Å². The molecule has 0 aliphatic rings. The third-order valence-corrected chi connectivity index (χ3v) is 3.22. The molecular weight excluding hydrogens is 230 g/mol. The Morgan fingerprint density at radius 2 is 1.94 bits per heavy atom. The Morgan fingerprint density at radius 1 is 1.28 bits per heavy atom. The van der Waals surface area contributed by atoms with Crippen LogP contribution in [0.15, 0.2) is 0 Å². The summed E-state index contributed by atoms with van der Waals surface area (Å²) in [6, 6.07) is 0. The smallest absolute Gasteiger partial charge is 0.260 e. The predicted molar refractivity (Wildman–Crippen MR) is 68.7 cm³/mol. The summed E-state index contributed by atoms with van der Waals surface area (Å²) >= 11 is 0. The number of aromatic amines is 1. The molecule has 6 heteroatoms. The van der Waals surface area contributed by atoms with Gasteiger partial charge in [0.2, 0.25) is 0 Å². The molecule has 96 valence electrons. The van der Waals surface area contributed by atoms with Gasteiger partial charge in [-0.1, -0.05) is 0 Å². The molecule has 0 unspecified atom stereocenters. The molecule has 18 heavy (non-hydrogen) atoms. The lowest BCUT2D eigenvalue weighted by atomic mass is 10.2. The largest absolute Gasteiger partial charge is 0.305 e. The molecule has 0 aliphatic heterocycles. The molecular formula is C12H17N5O. The van der Waals surface area contributed by atoms with Crippen molar-refractivity contribution in [3.05, 3.63) is 28.2 Å². The molecule has 2 aromatic heterocycles. The summed E-state index contributed by atoms with van der Waals surface area (Å²) in [5.41, 5.74) is 4.07. The van der Waals surface area contributed by atoms with Crippen molar-refractivity contribution >= 4 is 11.7 Å². The van der Waals surface area contributed by atoms with Gasteiger partial charge in [-0.05, 0) is 27.7 Å². The maximum atomic E-state index is 12.2. The minimum Gasteiger partial charge on any atom is -0.305 e. The van der Waals surface area contributed by atoms with Gasteiger partial charge in [0.1, 0.15) is 0 Å². The second-order valence-electron chi connectivity index (χ2n) is 4.45. The molecule has 0 atom stereocenters. The van der Waals surface area contributed by atoms with Crippen LogP contribution in [0.5, 0.6) is 0 Å². The molecule has 0 saturated carbocycles. The van der Waals surface area contributed by atoms with Gasteiger partial charge in [0, 0.05) is 24.0 Å². The normalized spacial score (nSPS) is 10.7. The maximum Gasteiger partial charge on any atom is 0.260 e. The van der Waals surface area contributed by atoms with Gasteiger partial charge in [-0.2, -0.15) is 10.2 Å². The minimum absolute atomic E-state index is 0.173. The number of nitrogens with zero attached hydrogens (tertiary/aromatic N) is 3. The van der Waals surface area contributed by atoms with Crippen molar-refractivity contribution in [1.82, 2.24) is 20.0 Å². The van der Waals surface area contributed by atoms with Crippen molar-refractivity contribution in [3.63, 3.8) is 0 Å². The fourth-order valence-electron chi connectivity index (χ4n) is 1.88. The zero-order valence-corrected chi connectivity index (χ0v) is 11.2. The molecule has 2 heterocycles. The number of carbonyl (C=O) groups excluding carboxylic acids is 1. The van der Waals surface area contributed by atoms with Gasteiger partial charge in [-0.3, -0.25) is 14.6 Å². The van der Waals surface area contributed by atoms with E-state index in [0.717, 1.165) is 22.6 Å². The van der Waals surface area contributed by atoms with Crippen LogP contribution in [-0.2, 0) is 7.05 Å². The number of amides is 1. The number of anilines is 1. The van der Waals surface area contributed by atoms with Gasteiger partial charge >= 0.3 is 0 Å². The number of hydrogen-bond acceptors (Lipinski definition) is 3. The summed E-state index contributed by atoms with van der Waals surface area (Å²) in [5.74, 6) is 0.396. The highest BCUT2D eigenvalue weighted by Gasteiger charge is 2.19. The second kappa shape index (κ2) is 4.29. The Morgan fingerprint density at radius 3 is 2.39 bits per heavy atom. The third-order valence-electron chi connectivity index (χ3n) is 3.22. The topological polar surface area (TPSA) is 75.6 Å². The zero-order chi connectivity index (χ0) is 13.4. The molecule has 2 N–H and O–H groups in total. The first-order valence-electron chi connectivity index (χ1n) is 5.75. The summed E-state index contributed by atoms with van der Waals surface area (Å²) in [6.07, 6.45) is 0. The SMILES string of the molecule is Cc1nn(C)c(C)c1C(=O)Nc1n[nH]c(C)c1C. The molecule has 0 bridgehead atoms. The predicted octanol–water partition coefficient (Wildman–Crippen LogP) is 1.63. The van der Waals surface area contributed by atoms with E-state index in [9.17, 15) is 4.79 Å². The van der Waals surface area contributed by atoms with Crippen molar-refractivity contribution < 1.29 is 4.79 Å². The number of hydrogen-bond donors (Lipinski definition) is 2. The zero-order valence-electron chi connectivity index (χ0n) is 11.2. The summed E-state index contributed by atoms with van der Waals surface area (Å²) in [7, 11) is 1.82. The van der Waals surface area contributed by atoms with Crippen molar-refractivity contribution in [2.75, 3.05) is 5.32 Å². The lowest BCUT2D eigenvalue weighted by Crippen LogP contribution is -2.15. The lowest BCUT2D eigenvalue weighted by molar-refractivity contribution is 0.102. The number of aromatic nitrogens is 4. The molecule has 0 aliphatic carbocycles. The van der Waals surface area contributed by atoms with Crippen LogP contribution in [0.3, 0.4) is 0 Å². The van der Waals surface area contributed by atoms with Crippen LogP contribution >= 0.6 is 0 Å². The monoisotopic (exact) mass is 247 g/mol. The minimum atomic E-state index is -0.173. The first-order chi connectivity index (χ1) is 8.41. The van der Waals surface area contributed by atoms with E-state index < -0.39 is 0 Å². The van der Waals surface area contributed by atoms with Crippen LogP contribution in [0.4, 0.5) is 5.82 Å². The quantitative estimate of drug-likeness (QED) is 0.846. The number of aryl methyl sites for hydroxylation is 3. The highest BCUT2D eigenvalue weighted by Crippen LogP contribution is 2.17. The second-order valence-corrected chi connectivity index (χ2v) is 4.45. The van der Waals surface area contributed by atoms with Crippen LogP contribution < -0.4 is 5.32 Å². The Balaban J connectivity index is 2.30. The van der Waals surface area contributed by atoms with E-state index in [1.807, 2.05) is 34.7 Å². The lowest BCUT2D eigenvalue weighted by Gasteiger charge is -2.03. The van der Waals surface area contributed by atoms with E-state index in [1.54, 1.807) is 4.68 Å². The molecule has 6 nitrogen and oxygen atoms in total. The first kappa shape index (κ1) is 12.3. The number of nitrogens with one attached hydrogen (secondary N) is 2. The standard InChI is InChI=1S/C12H17N5O/c1-6-7(2)14-15-11(6)13-12(18)10-8(3)16-17(5)9(10)4/h1-5H3,(H2,13,14,15,18). The van der Waals surface area contributed by atoms with Gasteiger partial charge in [0.15, 0.2) is 5.82 Å². The fourth-order valence-corrected chi connectivity index (χ4v) is 1.88. The molecule has 0 spiro atoms. The van der Waals surface area contributed by atoms with Crippen LogP contribution in [0.25, 0.3) is 0 Å². The first-order valence-corrected chi connectivity index (χ1v) is 5.75. The van der Waals surface area contributed by atoms with Gasteiger partial charge in [0.25, 0.3) is 5.91 Å². The third kappa shape index (κ3) is 1.90. The van der Waals surface area contributed by atoms with Crippen molar-refractivity contribution in [2.24, 2.45) is 7.05 Å². The summed E-state index contributed by atoms with van der Waals surface area (Å²) in [4.78, 5) is 12.2. The summed E-state index contributed by atoms with van der Waals surface area (Å²) in [6.45, 7) is 7.53. The average Bonchev–Trinajstić information content (AvgIpc) is 2.73. The van der Waals surface area contributed by atoms with Crippen LogP contribution in [-0.4, -0.2) is 25.9 Å². The molecule has 0 saturated heterocycles. The van der Waals surface area contributed by atoms with Gasteiger partial charge < -0.3 is 5.32 Å². The Hall–Kier alpha value is -2.11. The summed E-state index contributed by atoms with van der Waals surface area (Å²) in [5, 5.41) is 13.9. The number of carbonyl (C=O) groups is 1. The van der Waals surface area contributed by atoms with Crippen molar-refractivity contribution in [2.45, 2.75) is 27.7 Å². The van der Waals surface area contributed by atoms with Crippen LogP contribution in [0.2, 0.25) is 0 Å². The molecule has 1 amide bonds. The van der Waals surface area contributed by atoms with Gasteiger partial charge in [0.05, 0.1) is 11.3 Å². The average molecular weight is 247 g/mol. The highest BCUT2D eigenvalue weighted by atomic mass is 16.1. The van der Waals surface area contributed by atoms with E-state index in [4.69, 9.17) is 0 Å². The number of H-pyrrole nitrogens is 1. The molecule has 2 rings (SSSR count). The molecule has 0 aromatic carbocycles. The van der Waals surface area contributed by atoms with Crippen molar-refractivity contribution in [3.8, 4) is 0 Å². The van der Waals surface area contributed by atoms with Gasteiger partial charge in [-0.15, -0.1) is 0 Å². The van der Waals surface area contributed by atoms with E-state index in [0.29, 0.717) is 11.4 Å². The van der Waals surface area contributed by atoms with E-state index in [-0.39, 0.29) is 5.91 Å². The van der Waals surface area contributed by atoms with E-state index >= 15 is 0 Å². The van der Waals surface area contributed by atoms with Gasteiger partial charge in [-0.25, -0.2) is 0 Å². The number of rotatable bonds is 2. The fraction of sp³-hybridized carbons (Fsp3) is 0.417. The van der Waals surface area contributed by atoms with E-state index in [2.05, 4.69) is 20.6 Å². The molecule has 0 radical (unpaired) electrons. The Bertz CT molecular complexity index is 608. The summed E-state index contributed by atoms with van der Waals surface area (Å²) < 4.78 is 1.70. The van der Waals surface area contributed by atoms with Crippen LogP contribution in [0.1, 0.15) is 33.0 Å². The maximum absolute atomic E-state index is 12.2. The molecule has 2 aromatic rings. The Labute approximate surface area is 105 Å². The van der Waals surface area contributed by atoms with Crippen molar-refractivity contribution in [1.29, 1.82) is 0 Å².